The minimum absolute atomic E-state index is 0.234. The van der Waals surface area contributed by atoms with Gasteiger partial charge in [0.1, 0.15) is 5.75 Å². The summed E-state index contributed by atoms with van der Waals surface area (Å²) in [5.74, 6) is 0.0968. The molecule has 25 heavy (non-hydrogen) atoms. The van der Waals surface area contributed by atoms with E-state index >= 15 is 0 Å². The first kappa shape index (κ1) is 20.0. The zero-order valence-corrected chi connectivity index (χ0v) is 14.9. The largest absolute Gasteiger partial charge is 0.573 e. The second-order valence-corrected chi connectivity index (χ2v) is 8.09. The maximum Gasteiger partial charge on any atom is 0.573 e. The molecule has 0 bridgehead atoms. The molecule has 142 valence electrons. The summed E-state index contributed by atoms with van der Waals surface area (Å²) in [7, 11) is -3.87. The van der Waals surface area contributed by atoms with Crippen molar-refractivity contribution >= 4 is 10.0 Å². The van der Waals surface area contributed by atoms with Crippen LogP contribution < -0.4 is 9.46 Å². The maximum atomic E-state index is 12.2. The average molecular weight is 380 g/mol. The van der Waals surface area contributed by atoms with Crippen LogP contribution in [0.15, 0.2) is 29.2 Å². The number of ether oxygens (including phenoxy) is 1. The van der Waals surface area contributed by atoms with Crippen LogP contribution in [0.25, 0.3) is 0 Å². The molecule has 1 N–H and O–H groups in total. The van der Waals surface area contributed by atoms with Crippen molar-refractivity contribution in [3.05, 3.63) is 24.3 Å². The van der Waals surface area contributed by atoms with E-state index in [1.54, 1.807) is 0 Å². The molecule has 1 aromatic carbocycles. The fraction of sp³-hybridized carbons (Fsp3) is 0.625. The molecule has 0 spiro atoms. The monoisotopic (exact) mass is 380 g/mol. The van der Waals surface area contributed by atoms with Gasteiger partial charge in [0, 0.05) is 19.2 Å². The highest BCUT2D eigenvalue weighted by atomic mass is 32.2. The summed E-state index contributed by atoms with van der Waals surface area (Å²) >= 11 is 0. The summed E-state index contributed by atoms with van der Waals surface area (Å²) in [6.07, 6.45) is -1.84. The lowest BCUT2D eigenvalue weighted by Crippen LogP contribution is -2.36. The van der Waals surface area contributed by atoms with E-state index in [1.807, 2.05) is 0 Å². The molecule has 1 heterocycles. The maximum absolute atomic E-state index is 12.2. The highest BCUT2D eigenvalue weighted by Crippen LogP contribution is 2.24. The SMILES string of the molecule is CC1CCCN(CCCNS(=O)(=O)c2cccc(OC(F)(F)F)c2)C1. The average Bonchev–Trinajstić information content (AvgIpc) is 2.50. The molecule has 1 unspecified atom stereocenters. The molecule has 1 atom stereocenters. The van der Waals surface area contributed by atoms with Gasteiger partial charge in [0.05, 0.1) is 4.90 Å². The Labute approximate surface area is 146 Å². The van der Waals surface area contributed by atoms with Crippen molar-refractivity contribution in [1.29, 1.82) is 0 Å². The smallest absolute Gasteiger partial charge is 0.406 e. The van der Waals surface area contributed by atoms with Crippen LogP contribution in [0.4, 0.5) is 13.2 Å². The third-order valence-corrected chi connectivity index (χ3v) is 5.49. The molecule has 0 amide bonds. The predicted molar refractivity (Wildman–Crippen MR) is 87.8 cm³/mol. The highest BCUT2D eigenvalue weighted by Gasteiger charge is 2.31. The zero-order valence-electron chi connectivity index (χ0n) is 14.1. The van der Waals surface area contributed by atoms with E-state index in [4.69, 9.17) is 0 Å². The van der Waals surface area contributed by atoms with Crippen LogP contribution in [-0.4, -0.2) is 45.9 Å². The van der Waals surface area contributed by atoms with Gasteiger partial charge in [-0.15, -0.1) is 13.2 Å². The summed E-state index contributed by atoms with van der Waals surface area (Å²) in [6, 6.07) is 4.37. The van der Waals surface area contributed by atoms with Gasteiger partial charge in [0.15, 0.2) is 0 Å². The number of piperidine rings is 1. The number of hydrogen-bond acceptors (Lipinski definition) is 4. The number of hydrogen-bond donors (Lipinski definition) is 1. The van der Waals surface area contributed by atoms with Crippen LogP contribution in [0.1, 0.15) is 26.2 Å². The summed E-state index contributed by atoms with van der Waals surface area (Å²) in [5.41, 5.74) is 0. The number of likely N-dealkylation sites (tertiary alicyclic amines) is 1. The van der Waals surface area contributed by atoms with E-state index in [9.17, 15) is 21.6 Å². The lowest BCUT2D eigenvalue weighted by Gasteiger charge is -2.30. The first-order valence-electron chi connectivity index (χ1n) is 8.23. The third kappa shape index (κ3) is 6.83. The first-order chi connectivity index (χ1) is 11.7. The zero-order chi connectivity index (χ0) is 18.5. The van der Waals surface area contributed by atoms with E-state index in [2.05, 4.69) is 21.3 Å². The molecule has 0 saturated carbocycles. The molecule has 1 aromatic rings. The van der Waals surface area contributed by atoms with Gasteiger partial charge < -0.3 is 9.64 Å². The van der Waals surface area contributed by atoms with Crippen molar-refractivity contribution in [2.75, 3.05) is 26.2 Å². The molecule has 1 fully saturated rings. The molecular weight excluding hydrogens is 357 g/mol. The summed E-state index contributed by atoms with van der Waals surface area (Å²) < 4.78 is 67.3. The van der Waals surface area contributed by atoms with Crippen molar-refractivity contribution < 1.29 is 26.3 Å². The van der Waals surface area contributed by atoms with Gasteiger partial charge in [-0.05, 0) is 50.4 Å². The molecular formula is C16H23F3N2O3S. The number of alkyl halides is 3. The Morgan fingerprint density at radius 1 is 1.36 bits per heavy atom. The molecule has 2 rings (SSSR count). The number of sulfonamides is 1. The molecule has 0 aliphatic carbocycles. The fourth-order valence-electron chi connectivity index (χ4n) is 2.92. The van der Waals surface area contributed by atoms with Crippen LogP contribution in [0.5, 0.6) is 5.75 Å². The Kier molecular flexibility index (Phi) is 6.70. The van der Waals surface area contributed by atoms with Crippen molar-refractivity contribution in [2.45, 2.75) is 37.4 Å². The Hall–Kier alpha value is -1.32. The fourth-order valence-corrected chi connectivity index (χ4v) is 4.03. The second kappa shape index (κ2) is 8.37. The van der Waals surface area contributed by atoms with Crippen LogP contribution >= 0.6 is 0 Å². The van der Waals surface area contributed by atoms with Crippen molar-refractivity contribution in [1.82, 2.24) is 9.62 Å². The molecule has 0 radical (unpaired) electrons. The number of nitrogens with one attached hydrogen (secondary N) is 1. The topological polar surface area (TPSA) is 58.6 Å². The van der Waals surface area contributed by atoms with Gasteiger partial charge in [-0.25, -0.2) is 13.1 Å². The second-order valence-electron chi connectivity index (χ2n) is 6.32. The Morgan fingerprint density at radius 3 is 2.80 bits per heavy atom. The van der Waals surface area contributed by atoms with Crippen molar-refractivity contribution in [2.24, 2.45) is 5.92 Å². The van der Waals surface area contributed by atoms with E-state index in [0.29, 0.717) is 12.3 Å². The standard InChI is InChI=1S/C16H23F3N2O3S/c1-13-5-3-9-21(12-13)10-4-8-20-25(22,23)15-7-2-6-14(11-15)24-16(17,18)19/h2,6-7,11,13,20H,3-5,8-10,12H2,1H3. The van der Waals surface area contributed by atoms with Gasteiger partial charge in [0.2, 0.25) is 10.0 Å². The Bertz CT molecular complexity index is 665. The van der Waals surface area contributed by atoms with Crippen LogP contribution in [-0.2, 0) is 10.0 Å². The molecule has 5 nitrogen and oxygen atoms in total. The van der Waals surface area contributed by atoms with E-state index in [0.717, 1.165) is 38.2 Å². The summed E-state index contributed by atoms with van der Waals surface area (Å²) in [5, 5.41) is 0. The lowest BCUT2D eigenvalue weighted by atomic mass is 10.0. The van der Waals surface area contributed by atoms with E-state index in [-0.39, 0.29) is 11.4 Å². The van der Waals surface area contributed by atoms with Gasteiger partial charge >= 0.3 is 6.36 Å². The van der Waals surface area contributed by atoms with Crippen molar-refractivity contribution in [3.8, 4) is 5.75 Å². The molecule has 9 heteroatoms. The summed E-state index contributed by atoms with van der Waals surface area (Å²) in [4.78, 5) is 2.06. The van der Waals surface area contributed by atoms with Crippen LogP contribution in [0.3, 0.4) is 0 Å². The highest BCUT2D eigenvalue weighted by molar-refractivity contribution is 7.89. The van der Waals surface area contributed by atoms with Crippen LogP contribution in [0.2, 0.25) is 0 Å². The molecule has 1 aliphatic heterocycles. The molecule has 1 saturated heterocycles. The minimum atomic E-state index is -4.86. The minimum Gasteiger partial charge on any atom is -0.406 e. The Balaban J connectivity index is 1.85. The quantitative estimate of drug-likeness (QED) is 0.739. The third-order valence-electron chi connectivity index (χ3n) is 4.03. The lowest BCUT2D eigenvalue weighted by molar-refractivity contribution is -0.274. The van der Waals surface area contributed by atoms with Gasteiger partial charge in [0.25, 0.3) is 0 Å². The Morgan fingerprint density at radius 2 is 2.12 bits per heavy atom. The van der Waals surface area contributed by atoms with Crippen LogP contribution in [0, 0.1) is 5.92 Å². The van der Waals surface area contributed by atoms with Crippen molar-refractivity contribution in [3.63, 3.8) is 0 Å². The van der Waals surface area contributed by atoms with Gasteiger partial charge in [-0.3, -0.25) is 0 Å². The van der Waals surface area contributed by atoms with E-state index in [1.165, 1.54) is 18.6 Å². The molecule has 1 aliphatic rings. The number of nitrogens with zero attached hydrogens (tertiary/aromatic N) is 1. The normalized spacial score (nSPS) is 19.8. The first-order valence-corrected chi connectivity index (χ1v) is 9.72. The number of benzene rings is 1. The summed E-state index contributed by atoms with van der Waals surface area (Å²) in [6.45, 7) is 5.27. The van der Waals surface area contributed by atoms with Gasteiger partial charge in [-0.2, -0.15) is 0 Å². The van der Waals surface area contributed by atoms with Gasteiger partial charge in [-0.1, -0.05) is 13.0 Å². The van der Waals surface area contributed by atoms with E-state index < -0.39 is 22.1 Å². The number of halogens is 3. The predicted octanol–water partition coefficient (Wildman–Crippen LogP) is 2.99. The number of rotatable bonds is 7. The molecule has 0 aromatic heterocycles.